The molecular weight excluding hydrogens is 274 g/mol. The van der Waals surface area contributed by atoms with E-state index in [1.165, 1.54) is 7.11 Å². The van der Waals surface area contributed by atoms with E-state index >= 15 is 0 Å². The normalized spacial score (nSPS) is 10.3. The Kier molecular flexibility index (Phi) is 4.30. The zero-order chi connectivity index (χ0) is 14.7. The first-order valence-electron chi connectivity index (χ1n) is 6.25. The van der Waals surface area contributed by atoms with Crippen molar-refractivity contribution in [1.82, 2.24) is 4.57 Å². The Labute approximate surface area is 123 Å². The van der Waals surface area contributed by atoms with Gasteiger partial charge in [-0.15, -0.1) is 6.58 Å². The van der Waals surface area contributed by atoms with E-state index < -0.39 is 5.97 Å². The van der Waals surface area contributed by atoms with Gasteiger partial charge in [0.2, 0.25) is 0 Å². The summed E-state index contributed by atoms with van der Waals surface area (Å²) < 4.78 is 6.79. The number of allylic oxidation sites excluding steroid dienone is 1. The van der Waals surface area contributed by atoms with Crippen LogP contribution in [0.15, 0.2) is 43.0 Å². The Morgan fingerprint density at radius 1 is 1.40 bits per heavy atom. The SMILES string of the molecule is C=CCn1c(C)c(C(=O)OC)c(Cl)c1-c1ccccc1. The zero-order valence-electron chi connectivity index (χ0n) is 11.5. The molecule has 0 amide bonds. The van der Waals surface area contributed by atoms with Crippen LogP contribution in [0.3, 0.4) is 0 Å². The Bertz CT molecular complexity index is 644. The Morgan fingerprint density at radius 2 is 2.05 bits per heavy atom. The number of hydrogen-bond donors (Lipinski definition) is 0. The van der Waals surface area contributed by atoms with Gasteiger partial charge in [0.1, 0.15) is 0 Å². The number of carbonyl (C=O) groups excluding carboxylic acids is 1. The van der Waals surface area contributed by atoms with Gasteiger partial charge in [0, 0.05) is 12.2 Å². The van der Waals surface area contributed by atoms with Crippen molar-refractivity contribution in [3.63, 3.8) is 0 Å². The highest BCUT2D eigenvalue weighted by molar-refractivity contribution is 6.36. The van der Waals surface area contributed by atoms with E-state index in [0.717, 1.165) is 17.0 Å². The first-order valence-corrected chi connectivity index (χ1v) is 6.62. The lowest BCUT2D eigenvalue weighted by molar-refractivity contribution is 0.0600. The van der Waals surface area contributed by atoms with Crippen LogP contribution in [-0.4, -0.2) is 17.6 Å². The molecule has 0 saturated carbocycles. The molecule has 0 aliphatic rings. The maximum atomic E-state index is 11.9. The summed E-state index contributed by atoms with van der Waals surface area (Å²) in [6, 6.07) is 9.73. The van der Waals surface area contributed by atoms with E-state index in [1.807, 2.05) is 41.8 Å². The van der Waals surface area contributed by atoms with Crippen molar-refractivity contribution in [3.8, 4) is 11.3 Å². The second kappa shape index (κ2) is 5.97. The minimum absolute atomic E-state index is 0.412. The number of benzene rings is 1. The molecule has 104 valence electrons. The molecular formula is C16H16ClNO2. The van der Waals surface area contributed by atoms with Crippen LogP contribution in [0.25, 0.3) is 11.3 Å². The van der Waals surface area contributed by atoms with Crippen molar-refractivity contribution in [1.29, 1.82) is 0 Å². The molecule has 0 saturated heterocycles. The number of esters is 1. The molecule has 2 aromatic rings. The summed E-state index contributed by atoms with van der Waals surface area (Å²) in [7, 11) is 1.35. The van der Waals surface area contributed by atoms with Gasteiger partial charge < -0.3 is 9.30 Å². The van der Waals surface area contributed by atoms with Gasteiger partial charge in [0.05, 0.1) is 23.4 Å². The van der Waals surface area contributed by atoms with Crippen LogP contribution in [-0.2, 0) is 11.3 Å². The molecule has 0 aliphatic heterocycles. The number of methoxy groups -OCH3 is 1. The van der Waals surface area contributed by atoms with E-state index in [2.05, 4.69) is 6.58 Å². The van der Waals surface area contributed by atoms with Crippen molar-refractivity contribution < 1.29 is 9.53 Å². The molecule has 1 aromatic carbocycles. The third-order valence-corrected chi connectivity index (χ3v) is 3.58. The van der Waals surface area contributed by atoms with Crippen molar-refractivity contribution in [3.05, 3.63) is 59.3 Å². The molecule has 0 bridgehead atoms. The summed E-state index contributed by atoms with van der Waals surface area (Å²) in [6.07, 6.45) is 1.77. The zero-order valence-corrected chi connectivity index (χ0v) is 12.3. The molecule has 0 radical (unpaired) electrons. The highest BCUT2D eigenvalue weighted by Crippen LogP contribution is 2.36. The summed E-state index contributed by atoms with van der Waals surface area (Å²) in [5.74, 6) is -0.424. The highest BCUT2D eigenvalue weighted by Gasteiger charge is 2.24. The third kappa shape index (κ3) is 2.37. The summed E-state index contributed by atoms with van der Waals surface area (Å²) in [5, 5.41) is 0.419. The Hall–Kier alpha value is -2.00. The standard InChI is InChI=1S/C16H16ClNO2/c1-4-10-18-11(2)13(16(19)20-3)14(17)15(18)12-8-6-5-7-9-12/h4-9H,1,10H2,2-3H3. The molecule has 0 N–H and O–H groups in total. The summed E-state index contributed by atoms with van der Waals surface area (Å²) in [6.45, 7) is 6.19. The van der Waals surface area contributed by atoms with Crippen molar-refractivity contribution in [2.45, 2.75) is 13.5 Å². The van der Waals surface area contributed by atoms with Crippen LogP contribution in [0.5, 0.6) is 0 Å². The van der Waals surface area contributed by atoms with Gasteiger partial charge in [0.25, 0.3) is 0 Å². The van der Waals surface area contributed by atoms with Crippen LogP contribution in [0.2, 0.25) is 5.02 Å². The summed E-state index contributed by atoms with van der Waals surface area (Å²) in [4.78, 5) is 11.9. The highest BCUT2D eigenvalue weighted by atomic mass is 35.5. The second-order valence-electron chi connectivity index (χ2n) is 4.38. The van der Waals surface area contributed by atoms with E-state index in [4.69, 9.17) is 16.3 Å². The molecule has 1 aromatic heterocycles. The van der Waals surface area contributed by atoms with Crippen LogP contribution in [0.4, 0.5) is 0 Å². The van der Waals surface area contributed by atoms with Crippen molar-refractivity contribution in [2.75, 3.05) is 7.11 Å². The monoisotopic (exact) mass is 289 g/mol. The number of ether oxygens (including phenoxy) is 1. The average Bonchev–Trinajstić information content (AvgIpc) is 2.71. The Morgan fingerprint density at radius 3 is 2.60 bits per heavy atom. The largest absolute Gasteiger partial charge is 0.465 e. The molecule has 20 heavy (non-hydrogen) atoms. The van der Waals surface area contributed by atoms with Crippen LogP contribution < -0.4 is 0 Å². The molecule has 0 atom stereocenters. The second-order valence-corrected chi connectivity index (χ2v) is 4.76. The molecule has 2 rings (SSSR count). The van der Waals surface area contributed by atoms with Gasteiger partial charge in [-0.1, -0.05) is 48.0 Å². The van der Waals surface area contributed by atoms with Gasteiger partial charge >= 0.3 is 5.97 Å². The van der Waals surface area contributed by atoms with E-state index in [-0.39, 0.29) is 0 Å². The van der Waals surface area contributed by atoms with Crippen LogP contribution in [0, 0.1) is 6.92 Å². The molecule has 1 heterocycles. The summed E-state index contributed by atoms with van der Waals surface area (Å²) in [5.41, 5.74) is 2.96. The van der Waals surface area contributed by atoms with Gasteiger partial charge in [-0.3, -0.25) is 0 Å². The number of carbonyl (C=O) groups is 1. The lowest BCUT2D eigenvalue weighted by Gasteiger charge is -2.09. The average molecular weight is 290 g/mol. The van der Waals surface area contributed by atoms with Crippen molar-refractivity contribution in [2.24, 2.45) is 0 Å². The first-order chi connectivity index (χ1) is 9.61. The Balaban J connectivity index is 2.72. The lowest BCUT2D eigenvalue weighted by atomic mass is 10.1. The maximum Gasteiger partial charge on any atom is 0.341 e. The number of aromatic nitrogens is 1. The molecule has 4 heteroatoms. The minimum Gasteiger partial charge on any atom is -0.465 e. The molecule has 0 aliphatic carbocycles. The molecule has 0 unspecified atom stereocenters. The number of rotatable bonds is 4. The van der Waals surface area contributed by atoms with Gasteiger partial charge in [0.15, 0.2) is 0 Å². The fourth-order valence-corrected chi connectivity index (χ4v) is 2.70. The predicted octanol–water partition coefficient (Wildman–Crippen LogP) is 4.09. The molecule has 0 fully saturated rings. The summed E-state index contributed by atoms with van der Waals surface area (Å²) >= 11 is 6.42. The smallest absolute Gasteiger partial charge is 0.341 e. The van der Waals surface area contributed by atoms with E-state index in [1.54, 1.807) is 6.08 Å². The van der Waals surface area contributed by atoms with E-state index in [9.17, 15) is 4.79 Å². The number of hydrogen-bond acceptors (Lipinski definition) is 2. The molecule has 3 nitrogen and oxygen atoms in total. The first kappa shape index (κ1) is 14.4. The predicted molar refractivity (Wildman–Crippen MR) is 81.2 cm³/mol. The molecule has 0 spiro atoms. The van der Waals surface area contributed by atoms with E-state index in [0.29, 0.717) is 17.1 Å². The van der Waals surface area contributed by atoms with Gasteiger partial charge in [-0.05, 0) is 12.5 Å². The van der Waals surface area contributed by atoms with Crippen molar-refractivity contribution >= 4 is 17.6 Å². The topological polar surface area (TPSA) is 31.2 Å². The number of nitrogens with zero attached hydrogens (tertiary/aromatic N) is 1. The maximum absolute atomic E-state index is 11.9. The van der Waals surface area contributed by atoms with Gasteiger partial charge in [-0.2, -0.15) is 0 Å². The minimum atomic E-state index is -0.424. The van der Waals surface area contributed by atoms with Crippen LogP contribution >= 0.6 is 11.6 Å². The third-order valence-electron chi connectivity index (χ3n) is 3.21. The number of halogens is 1. The quantitative estimate of drug-likeness (QED) is 0.627. The van der Waals surface area contributed by atoms with Crippen LogP contribution in [0.1, 0.15) is 16.1 Å². The lowest BCUT2D eigenvalue weighted by Crippen LogP contribution is -2.05. The fourth-order valence-electron chi connectivity index (χ4n) is 2.27. The van der Waals surface area contributed by atoms with Gasteiger partial charge in [-0.25, -0.2) is 4.79 Å². The fraction of sp³-hybridized carbons (Fsp3) is 0.188.